The molecule has 0 bridgehead atoms. The maximum Gasteiger partial charge on any atom is 0.216 e. The van der Waals surface area contributed by atoms with Crippen molar-refractivity contribution >= 4 is 27.3 Å². The number of methoxy groups -OCH3 is 1. The van der Waals surface area contributed by atoms with E-state index in [1.165, 1.54) is 24.8 Å². The van der Waals surface area contributed by atoms with Crippen LogP contribution in [0.15, 0.2) is 28.3 Å². The number of rotatable bonds is 3. The second kappa shape index (κ2) is 4.90. The molecule has 6 heteroatoms. The highest BCUT2D eigenvalue weighted by Crippen LogP contribution is 2.32. The standard InChI is InChI=1S/C10H9BrN2O2S/c1-15-8-4-7(12-5-13-8)9(14)10-6(11)2-3-16-10/h2-5,9,14H,1H3. The van der Waals surface area contributed by atoms with Crippen LogP contribution in [0.1, 0.15) is 16.7 Å². The van der Waals surface area contributed by atoms with Crippen LogP contribution < -0.4 is 4.74 Å². The number of ether oxygens (including phenoxy) is 1. The molecule has 2 aromatic heterocycles. The maximum absolute atomic E-state index is 10.1. The summed E-state index contributed by atoms with van der Waals surface area (Å²) < 4.78 is 5.86. The molecule has 0 aliphatic heterocycles. The lowest BCUT2D eigenvalue weighted by molar-refractivity contribution is 0.217. The van der Waals surface area contributed by atoms with E-state index in [4.69, 9.17) is 4.74 Å². The molecule has 1 atom stereocenters. The largest absolute Gasteiger partial charge is 0.481 e. The summed E-state index contributed by atoms with van der Waals surface area (Å²) >= 11 is 4.84. The van der Waals surface area contributed by atoms with Crippen LogP contribution >= 0.6 is 27.3 Å². The molecule has 4 nitrogen and oxygen atoms in total. The molecule has 1 unspecified atom stereocenters. The van der Waals surface area contributed by atoms with Crippen LogP contribution in [0.2, 0.25) is 0 Å². The number of aliphatic hydroxyl groups is 1. The Morgan fingerprint density at radius 2 is 2.31 bits per heavy atom. The van der Waals surface area contributed by atoms with Crippen LogP contribution in [0.3, 0.4) is 0 Å². The number of hydrogen-bond acceptors (Lipinski definition) is 5. The Morgan fingerprint density at radius 1 is 1.50 bits per heavy atom. The lowest BCUT2D eigenvalue weighted by Gasteiger charge is -2.09. The Balaban J connectivity index is 2.33. The molecule has 0 aromatic carbocycles. The third-order valence-corrected chi connectivity index (χ3v) is 3.97. The first-order valence-electron chi connectivity index (χ1n) is 4.49. The van der Waals surface area contributed by atoms with Crippen molar-refractivity contribution in [3.05, 3.63) is 38.9 Å². The molecule has 0 fully saturated rings. The Labute approximate surface area is 105 Å². The van der Waals surface area contributed by atoms with Gasteiger partial charge in [0.25, 0.3) is 0 Å². The van der Waals surface area contributed by atoms with Crippen LogP contribution in [-0.4, -0.2) is 22.2 Å². The fraction of sp³-hybridized carbons (Fsp3) is 0.200. The van der Waals surface area contributed by atoms with Crippen molar-refractivity contribution in [3.8, 4) is 5.88 Å². The van der Waals surface area contributed by atoms with E-state index in [2.05, 4.69) is 25.9 Å². The second-order valence-electron chi connectivity index (χ2n) is 3.02. The lowest BCUT2D eigenvalue weighted by atomic mass is 10.2. The molecule has 2 rings (SSSR count). The molecule has 0 aliphatic carbocycles. The SMILES string of the molecule is COc1cc(C(O)c2sccc2Br)ncn1. The summed E-state index contributed by atoms with van der Waals surface area (Å²) in [4.78, 5) is 8.74. The minimum absolute atomic E-state index is 0.441. The third-order valence-electron chi connectivity index (χ3n) is 2.05. The van der Waals surface area contributed by atoms with Crippen LogP contribution in [0, 0.1) is 0 Å². The zero-order valence-electron chi connectivity index (χ0n) is 8.42. The van der Waals surface area contributed by atoms with Gasteiger partial charge in [0.15, 0.2) is 0 Å². The van der Waals surface area contributed by atoms with E-state index < -0.39 is 6.10 Å². The van der Waals surface area contributed by atoms with Gasteiger partial charge < -0.3 is 9.84 Å². The minimum Gasteiger partial charge on any atom is -0.481 e. The first-order chi connectivity index (χ1) is 7.72. The van der Waals surface area contributed by atoms with E-state index >= 15 is 0 Å². The first-order valence-corrected chi connectivity index (χ1v) is 6.16. The van der Waals surface area contributed by atoms with Gasteiger partial charge in [-0.2, -0.15) is 0 Å². The average molecular weight is 301 g/mol. The van der Waals surface area contributed by atoms with Gasteiger partial charge >= 0.3 is 0 Å². The molecular formula is C10H9BrN2O2S. The summed E-state index contributed by atoms with van der Waals surface area (Å²) in [6.45, 7) is 0. The van der Waals surface area contributed by atoms with Crippen LogP contribution in [0.25, 0.3) is 0 Å². The molecule has 0 saturated heterocycles. The van der Waals surface area contributed by atoms with Crippen LogP contribution in [0.5, 0.6) is 5.88 Å². The van der Waals surface area contributed by atoms with E-state index in [-0.39, 0.29) is 0 Å². The summed E-state index contributed by atoms with van der Waals surface area (Å²) in [5.74, 6) is 0.441. The van der Waals surface area contributed by atoms with Gasteiger partial charge in [-0.05, 0) is 27.4 Å². The van der Waals surface area contributed by atoms with Crippen molar-refractivity contribution in [2.24, 2.45) is 0 Å². The molecule has 0 amide bonds. The molecule has 2 heterocycles. The molecule has 0 saturated carbocycles. The summed E-state index contributed by atoms with van der Waals surface area (Å²) in [5.41, 5.74) is 0.523. The number of halogens is 1. The number of hydrogen-bond donors (Lipinski definition) is 1. The van der Waals surface area contributed by atoms with E-state index in [9.17, 15) is 5.11 Å². The topological polar surface area (TPSA) is 55.2 Å². The van der Waals surface area contributed by atoms with Gasteiger partial charge in [0.05, 0.1) is 17.7 Å². The van der Waals surface area contributed by atoms with Crippen molar-refractivity contribution in [1.82, 2.24) is 9.97 Å². The molecule has 16 heavy (non-hydrogen) atoms. The first kappa shape index (κ1) is 11.5. The highest BCUT2D eigenvalue weighted by molar-refractivity contribution is 9.10. The quantitative estimate of drug-likeness (QED) is 0.946. The Morgan fingerprint density at radius 3 is 2.94 bits per heavy atom. The van der Waals surface area contributed by atoms with Crippen LogP contribution in [-0.2, 0) is 0 Å². The van der Waals surface area contributed by atoms with Gasteiger partial charge in [-0.1, -0.05) is 0 Å². The van der Waals surface area contributed by atoms with Crippen molar-refractivity contribution in [3.63, 3.8) is 0 Å². The number of thiophene rings is 1. The Kier molecular flexibility index (Phi) is 3.52. The highest BCUT2D eigenvalue weighted by atomic mass is 79.9. The molecule has 0 radical (unpaired) electrons. The highest BCUT2D eigenvalue weighted by Gasteiger charge is 2.17. The zero-order chi connectivity index (χ0) is 11.5. The normalized spacial score (nSPS) is 12.4. The van der Waals surface area contributed by atoms with E-state index in [1.54, 1.807) is 6.07 Å². The lowest BCUT2D eigenvalue weighted by Crippen LogP contribution is -2.02. The summed E-state index contributed by atoms with van der Waals surface area (Å²) in [6.07, 6.45) is 0.616. The minimum atomic E-state index is -0.758. The predicted octanol–water partition coefficient (Wildman–Crippen LogP) is 2.39. The van der Waals surface area contributed by atoms with Gasteiger partial charge in [-0.3, -0.25) is 0 Å². The fourth-order valence-electron chi connectivity index (χ4n) is 1.25. The predicted molar refractivity (Wildman–Crippen MR) is 64.7 cm³/mol. The Hall–Kier alpha value is -0.980. The third kappa shape index (κ3) is 2.23. The van der Waals surface area contributed by atoms with E-state index in [1.807, 2.05) is 11.4 Å². The molecule has 1 N–H and O–H groups in total. The Bertz CT molecular complexity index is 489. The second-order valence-corrected chi connectivity index (χ2v) is 4.82. The summed E-state index contributed by atoms with van der Waals surface area (Å²) in [6, 6.07) is 3.51. The molecule has 0 spiro atoms. The monoisotopic (exact) mass is 300 g/mol. The molecule has 84 valence electrons. The molecule has 0 aliphatic rings. The zero-order valence-corrected chi connectivity index (χ0v) is 10.8. The van der Waals surface area contributed by atoms with Gasteiger partial charge in [-0.25, -0.2) is 9.97 Å². The fourth-order valence-corrected chi connectivity index (χ4v) is 2.83. The summed E-state index contributed by atoms with van der Waals surface area (Å²) in [5, 5.41) is 12.0. The smallest absolute Gasteiger partial charge is 0.216 e. The van der Waals surface area contributed by atoms with Crippen molar-refractivity contribution in [1.29, 1.82) is 0 Å². The number of nitrogens with zero attached hydrogens (tertiary/aromatic N) is 2. The maximum atomic E-state index is 10.1. The molecular weight excluding hydrogens is 292 g/mol. The van der Waals surface area contributed by atoms with Crippen LogP contribution in [0.4, 0.5) is 0 Å². The summed E-state index contributed by atoms with van der Waals surface area (Å²) in [7, 11) is 1.53. The van der Waals surface area contributed by atoms with Gasteiger partial charge in [0, 0.05) is 10.5 Å². The molecule has 2 aromatic rings. The van der Waals surface area contributed by atoms with Gasteiger partial charge in [0.2, 0.25) is 5.88 Å². The van der Waals surface area contributed by atoms with E-state index in [0.29, 0.717) is 11.6 Å². The number of aromatic nitrogens is 2. The van der Waals surface area contributed by atoms with Crippen molar-refractivity contribution in [2.45, 2.75) is 6.10 Å². The number of aliphatic hydroxyl groups excluding tert-OH is 1. The van der Waals surface area contributed by atoms with Crippen molar-refractivity contribution in [2.75, 3.05) is 7.11 Å². The van der Waals surface area contributed by atoms with Gasteiger partial charge in [0.1, 0.15) is 12.4 Å². The van der Waals surface area contributed by atoms with Crippen molar-refractivity contribution < 1.29 is 9.84 Å². The van der Waals surface area contributed by atoms with E-state index in [0.717, 1.165) is 9.35 Å². The van der Waals surface area contributed by atoms with Gasteiger partial charge in [-0.15, -0.1) is 11.3 Å². The average Bonchev–Trinajstić information content (AvgIpc) is 2.74.